The fourth-order valence-electron chi connectivity index (χ4n) is 2.00. The lowest BCUT2D eigenvalue weighted by atomic mass is 10.5. The summed E-state index contributed by atoms with van der Waals surface area (Å²) in [7, 11) is -1.64. The molecule has 5 heteroatoms. The van der Waals surface area contributed by atoms with Gasteiger partial charge >= 0.3 is 6.16 Å². The smallest absolute Gasteiger partial charge is 0.438 e. The first-order valence-electron chi connectivity index (χ1n) is 6.96. The minimum Gasteiger partial charge on any atom is -0.438 e. The first-order chi connectivity index (χ1) is 9.34. The van der Waals surface area contributed by atoms with E-state index in [-0.39, 0.29) is 0 Å². The third-order valence-electron chi connectivity index (χ3n) is 3.76. The summed E-state index contributed by atoms with van der Waals surface area (Å²) >= 11 is 0. The van der Waals surface area contributed by atoms with Gasteiger partial charge in [-0.2, -0.15) is 0 Å². The van der Waals surface area contributed by atoms with Crippen LogP contribution in [0, 0.1) is 0 Å². The third-order valence-corrected chi connectivity index (χ3v) is 11.0. The summed E-state index contributed by atoms with van der Waals surface area (Å²) < 4.78 is 9.36. The highest BCUT2D eigenvalue weighted by Gasteiger charge is 2.27. The van der Waals surface area contributed by atoms with E-state index in [1.807, 2.05) is 0 Å². The highest BCUT2D eigenvalue weighted by Crippen LogP contribution is 2.26. The molecule has 0 aromatic carbocycles. The molecule has 0 rings (SSSR count). The SMILES string of the molecule is C=C[Si](C=C)(C=C)CC[Si](C)(C)CCCOC(=O)OC. The minimum absolute atomic E-state index is 0.441. The van der Waals surface area contributed by atoms with E-state index < -0.39 is 22.3 Å². The Bertz CT molecular complexity index is 329. The fraction of sp³-hybridized carbons (Fsp3) is 0.533. The van der Waals surface area contributed by atoms with Gasteiger partial charge < -0.3 is 9.47 Å². The Balaban J connectivity index is 4.18. The van der Waals surface area contributed by atoms with Crippen LogP contribution in [0.4, 0.5) is 4.79 Å². The van der Waals surface area contributed by atoms with Crippen LogP contribution in [0.2, 0.25) is 31.2 Å². The Morgan fingerprint density at radius 3 is 2.05 bits per heavy atom. The molecule has 0 aliphatic carbocycles. The van der Waals surface area contributed by atoms with E-state index in [2.05, 4.69) is 54.7 Å². The molecule has 0 heterocycles. The highest BCUT2D eigenvalue weighted by molar-refractivity contribution is 6.94. The first kappa shape index (κ1) is 18.9. The Morgan fingerprint density at radius 1 is 1.05 bits per heavy atom. The van der Waals surface area contributed by atoms with Gasteiger partial charge in [-0.3, -0.25) is 0 Å². The minimum atomic E-state index is -1.68. The lowest BCUT2D eigenvalue weighted by Crippen LogP contribution is -2.33. The summed E-state index contributed by atoms with van der Waals surface area (Å²) in [6.07, 6.45) is 0.306. The molecule has 114 valence electrons. The Kier molecular flexibility index (Phi) is 8.49. The maximum atomic E-state index is 10.8. The molecule has 0 bridgehead atoms. The van der Waals surface area contributed by atoms with Gasteiger partial charge in [0.05, 0.1) is 13.7 Å². The molecule has 0 saturated carbocycles. The molecule has 0 spiro atoms. The van der Waals surface area contributed by atoms with Crippen molar-refractivity contribution >= 4 is 22.3 Å². The molecule has 0 aliphatic heterocycles. The van der Waals surface area contributed by atoms with Crippen molar-refractivity contribution in [3.8, 4) is 0 Å². The van der Waals surface area contributed by atoms with E-state index in [9.17, 15) is 4.79 Å². The molecule has 0 amide bonds. The van der Waals surface area contributed by atoms with Crippen LogP contribution in [0.15, 0.2) is 36.8 Å². The number of ether oxygens (including phenoxy) is 2. The molecule has 0 N–H and O–H groups in total. The van der Waals surface area contributed by atoms with Gasteiger partial charge in [0.25, 0.3) is 0 Å². The van der Waals surface area contributed by atoms with Crippen LogP contribution >= 0.6 is 0 Å². The van der Waals surface area contributed by atoms with E-state index in [1.54, 1.807) is 0 Å². The zero-order valence-corrected chi connectivity index (χ0v) is 15.1. The van der Waals surface area contributed by atoms with Crippen LogP contribution in [0.3, 0.4) is 0 Å². The molecule has 0 aliphatic rings. The molecule has 0 radical (unpaired) electrons. The molecule has 0 unspecified atom stereocenters. The molecule has 0 atom stereocenters. The lowest BCUT2D eigenvalue weighted by Gasteiger charge is -2.27. The molecule has 0 fully saturated rings. The second-order valence-corrected chi connectivity index (χ2v) is 15.1. The second-order valence-electron chi connectivity index (χ2n) is 5.80. The highest BCUT2D eigenvalue weighted by atomic mass is 28.3. The molecule has 20 heavy (non-hydrogen) atoms. The van der Waals surface area contributed by atoms with Crippen LogP contribution < -0.4 is 0 Å². The van der Waals surface area contributed by atoms with Gasteiger partial charge in [-0.05, 0) is 12.5 Å². The van der Waals surface area contributed by atoms with E-state index in [0.717, 1.165) is 18.5 Å². The third kappa shape index (κ3) is 6.91. The summed E-state index contributed by atoms with van der Waals surface area (Å²) in [5.74, 6) is 0. The topological polar surface area (TPSA) is 35.5 Å². The molecular weight excluding hydrogens is 284 g/mol. The van der Waals surface area contributed by atoms with Gasteiger partial charge in [0.1, 0.15) is 8.07 Å². The number of carbonyl (C=O) groups is 1. The summed E-state index contributed by atoms with van der Waals surface area (Å²) in [6, 6.07) is 3.50. The number of rotatable bonds is 10. The monoisotopic (exact) mass is 312 g/mol. The number of methoxy groups -OCH3 is 1. The quantitative estimate of drug-likeness (QED) is 0.339. The normalized spacial score (nSPS) is 11.6. The van der Waals surface area contributed by atoms with E-state index in [1.165, 1.54) is 13.2 Å². The average molecular weight is 313 g/mol. The largest absolute Gasteiger partial charge is 0.507 e. The summed E-state index contributed by atoms with van der Waals surface area (Å²) in [5, 5.41) is 0. The van der Waals surface area contributed by atoms with Crippen LogP contribution in [0.25, 0.3) is 0 Å². The maximum Gasteiger partial charge on any atom is 0.507 e. The van der Waals surface area contributed by atoms with E-state index >= 15 is 0 Å². The van der Waals surface area contributed by atoms with Crippen LogP contribution in [0.1, 0.15) is 6.42 Å². The average Bonchev–Trinajstić information content (AvgIpc) is 2.45. The van der Waals surface area contributed by atoms with E-state index in [0.29, 0.717) is 6.61 Å². The number of hydrogen-bond acceptors (Lipinski definition) is 3. The van der Waals surface area contributed by atoms with Gasteiger partial charge in [0.15, 0.2) is 0 Å². The van der Waals surface area contributed by atoms with Gasteiger partial charge in [0, 0.05) is 8.07 Å². The predicted octanol–water partition coefficient (Wildman–Crippen LogP) is 4.49. The summed E-state index contributed by atoms with van der Waals surface area (Å²) in [5.41, 5.74) is 6.16. The molecule has 0 aromatic rings. The molecular formula is C15H28O3Si2. The van der Waals surface area contributed by atoms with Crippen molar-refractivity contribution < 1.29 is 14.3 Å². The zero-order valence-electron chi connectivity index (χ0n) is 13.1. The van der Waals surface area contributed by atoms with Crippen molar-refractivity contribution in [3.63, 3.8) is 0 Å². The zero-order chi connectivity index (χ0) is 15.6. The van der Waals surface area contributed by atoms with Crippen LogP contribution in [-0.2, 0) is 9.47 Å². The molecule has 0 aromatic heterocycles. The van der Waals surface area contributed by atoms with Crippen molar-refractivity contribution in [3.05, 3.63) is 36.8 Å². The van der Waals surface area contributed by atoms with Crippen molar-refractivity contribution in [2.45, 2.75) is 37.6 Å². The van der Waals surface area contributed by atoms with Gasteiger partial charge in [-0.1, -0.05) is 42.3 Å². The lowest BCUT2D eigenvalue weighted by molar-refractivity contribution is 0.0728. The van der Waals surface area contributed by atoms with E-state index in [4.69, 9.17) is 4.74 Å². The summed E-state index contributed by atoms with van der Waals surface area (Å²) in [4.78, 5) is 10.8. The Morgan fingerprint density at radius 2 is 1.60 bits per heavy atom. The van der Waals surface area contributed by atoms with Crippen molar-refractivity contribution in [1.29, 1.82) is 0 Å². The van der Waals surface area contributed by atoms with Gasteiger partial charge in [0.2, 0.25) is 0 Å². The number of hydrogen-bond donors (Lipinski definition) is 0. The van der Waals surface area contributed by atoms with Crippen LogP contribution in [-0.4, -0.2) is 36.0 Å². The van der Waals surface area contributed by atoms with Crippen molar-refractivity contribution in [1.82, 2.24) is 0 Å². The second kappa shape index (κ2) is 8.97. The van der Waals surface area contributed by atoms with Gasteiger partial charge in [-0.15, -0.1) is 19.7 Å². The fourth-order valence-corrected chi connectivity index (χ4v) is 8.90. The number of carbonyl (C=O) groups excluding carboxylic acids is 1. The van der Waals surface area contributed by atoms with Crippen molar-refractivity contribution in [2.24, 2.45) is 0 Å². The van der Waals surface area contributed by atoms with Crippen LogP contribution in [0.5, 0.6) is 0 Å². The predicted molar refractivity (Wildman–Crippen MR) is 91.2 cm³/mol. The molecule has 0 saturated heterocycles. The summed E-state index contributed by atoms with van der Waals surface area (Å²) in [6.45, 7) is 17.0. The Hall–Kier alpha value is -1.08. The first-order valence-corrected chi connectivity index (χ1v) is 12.8. The van der Waals surface area contributed by atoms with Crippen molar-refractivity contribution in [2.75, 3.05) is 13.7 Å². The van der Waals surface area contributed by atoms with Gasteiger partial charge in [-0.25, -0.2) is 4.79 Å². The standard InChI is InChI=1S/C15H28O3Si2/c1-7-20(8-2,9-3)14-13-19(5,6)12-10-11-18-15(16)17-4/h7-9H,1-3,10-14H2,4-6H3. The Labute approximate surface area is 125 Å². The maximum absolute atomic E-state index is 10.8. The molecule has 3 nitrogen and oxygen atoms in total.